The lowest BCUT2D eigenvalue weighted by atomic mass is 10.0. The van der Waals surface area contributed by atoms with Crippen molar-refractivity contribution in [2.24, 2.45) is 0 Å². The summed E-state index contributed by atoms with van der Waals surface area (Å²) in [6.45, 7) is 3.35. The van der Waals surface area contributed by atoms with Crippen LogP contribution in [0.4, 0.5) is 0 Å². The molecule has 0 fully saturated rings. The molecule has 42 heavy (non-hydrogen) atoms. The first kappa shape index (κ1) is 41.5. The van der Waals surface area contributed by atoms with E-state index in [0.29, 0.717) is 17.6 Å². The van der Waals surface area contributed by atoms with Crippen molar-refractivity contribution in [1.29, 1.82) is 0 Å². The van der Waals surface area contributed by atoms with Crippen molar-refractivity contribution in [3.63, 3.8) is 0 Å². The number of phosphoric acid groups is 1. The lowest BCUT2D eigenvalue weighted by Gasteiger charge is -2.24. The number of rotatable bonds is 32. The topological polar surface area (TPSA) is 85.2 Å². The highest BCUT2D eigenvalue weighted by Crippen LogP contribution is 2.43. The standard InChI is InChI=1S/C34H68NO6P/c1-5-6-7-8-9-10-11-12-13-14-15-16-17-18-19-20-21-22-23-24-25-26-27-28-30-39-32-34(36)33-41-42(37,38)40-31-29-35(2,3)4/h11-12,14-15,34,36H,5-10,13,16-33H2,1-4H3/p+1/b12-11-,15-14-. The Morgan fingerprint density at radius 1 is 0.643 bits per heavy atom. The molecule has 0 aliphatic rings. The number of hydrogen-bond acceptors (Lipinski definition) is 5. The zero-order valence-corrected chi connectivity index (χ0v) is 28.9. The summed E-state index contributed by atoms with van der Waals surface area (Å²) in [4.78, 5) is 9.68. The van der Waals surface area contributed by atoms with Gasteiger partial charge in [-0.15, -0.1) is 0 Å². The van der Waals surface area contributed by atoms with Gasteiger partial charge in [-0.2, -0.15) is 0 Å². The average molecular weight is 619 g/mol. The molecule has 0 saturated heterocycles. The SMILES string of the molecule is CCCCCCC/C=C\C/C=C\CCCCCCCCCCCCCCOCC(O)COP(=O)(O)OCC[N+](C)(C)C. The van der Waals surface area contributed by atoms with E-state index < -0.39 is 13.9 Å². The van der Waals surface area contributed by atoms with E-state index in [4.69, 9.17) is 13.8 Å². The summed E-state index contributed by atoms with van der Waals surface area (Å²) in [5.41, 5.74) is 0. The third kappa shape index (κ3) is 34.0. The summed E-state index contributed by atoms with van der Waals surface area (Å²) in [5, 5.41) is 9.91. The van der Waals surface area contributed by atoms with Crippen LogP contribution in [0, 0.1) is 0 Å². The summed E-state index contributed by atoms with van der Waals surface area (Å²) in [6.07, 6.45) is 34.2. The van der Waals surface area contributed by atoms with Crippen molar-refractivity contribution >= 4 is 7.82 Å². The molecular formula is C34H69NO6P+. The Balaban J connectivity index is 3.35. The third-order valence-electron chi connectivity index (χ3n) is 7.25. The molecule has 2 unspecified atom stereocenters. The second kappa shape index (κ2) is 29.2. The number of aliphatic hydroxyl groups excluding tert-OH is 1. The van der Waals surface area contributed by atoms with Gasteiger partial charge in [0.1, 0.15) is 19.3 Å². The molecule has 0 amide bonds. The van der Waals surface area contributed by atoms with Crippen LogP contribution in [0.15, 0.2) is 24.3 Å². The summed E-state index contributed by atoms with van der Waals surface area (Å²) < 4.78 is 27.7. The molecule has 7 nitrogen and oxygen atoms in total. The minimum Gasteiger partial charge on any atom is -0.388 e. The van der Waals surface area contributed by atoms with Crippen LogP contribution in [0.5, 0.6) is 0 Å². The van der Waals surface area contributed by atoms with Crippen LogP contribution in [0.1, 0.15) is 135 Å². The molecule has 0 rings (SSSR count). The maximum absolute atomic E-state index is 11.8. The van der Waals surface area contributed by atoms with Crippen molar-refractivity contribution < 1.29 is 32.8 Å². The van der Waals surface area contributed by atoms with Crippen LogP contribution in [0.3, 0.4) is 0 Å². The Morgan fingerprint density at radius 2 is 1.12 bits per heavy atom. The molecule has 0 aliphatic carbocycles. The predicted molar refractivity (Wildman–Crippen MR) is 178 cm³/mol. The summed E-state index contributed by atoms with van der Waals surface area (Å²) in [6, 6.07) is 0. The fraction of sp³-hybridized carbons (Fsp3) is 0.882. The van der Waals surface area contributed by atoms with Gasteiger partial charge in [0.25, 0.3) is 0 Å². The lowest BCUT2D eigenvalue weighted by molar-refractivity contribution is -0.870. The van der Waals surface area contributed by atoms with Crippen molar-refractivity contribution in [2.75, 3.05) is 54.1 Å². The molecule has 0 aliphatic heterocycles. The normalized spacial score (nSPS) is 14.7. The van der Waals surface area contributed by atoms with Crippen LogP contribution in [-0.2, 0) is 18.3 Å². The molecule has 8 heteroatoms. The van der Waals surface area contributed by atoms with Gasteiger partial charge in [0.2, 0.25) is 0 Å². The Hall–Kier alpha value is -0.530. The van der Waals surface area contributed by atoms with E-state index in [0.717, 1.165) is 19.3 Å². The minimum absolute atomic E-state index is 0.0898. The molecule has 0 bridgehead atoms. The molecule has 0 saturated carbocycles. The van der Waals surface area contributed by atoms with Crippen LogP contribution < -0.4 is 0 Å². The van der Waals surface area contributed by atoms with Crippen molar-refractivity contribution in [1.82, 2.24) is 0 Å². The van der Waals surface area contributed by atoms with Gasteiger partial charge in [-0.05, 0) is 38.5 Å². The fourth-order valence-electron chi connectivity index (χ4n) is 4.52. The van der Waals surface area contributed by atoms with Gasteiger partial charge < -0.3 is 19.2 Å². The van der Waals surface area contributed by atoms with Crippen molar-refractivity contribution in [3.8, 4) is 0 Å². The molecule has 2 N–H and O–H groups in total. The van der Waals surface area contributed by atoms with E-state index in [-0.39, 0.29) is 19.8 Å². The minimum atomic E-state index is -4.15. The van der Waals surface area contributed by atoms with Crippen molar-refractivity contribution in [2.45, 2.75) is 141 Å². The second-order valence-corrected chi connectivity index (χ2v) is 14.2. The Kier molecular flexibility index (Phi) is 28.8. The summed E-state index contributed by atoms with van der Waals surface area (Å²) in [5.74, 6) is 0. The Bertz CT molecular complexity index is 679. The number of allylic oxidation sites excluding steroid dienone is 4. The van der Waals surface area contributed by atoms with E-state index >= 15 is 0 Å². The number of unbranched alkanes of at least 4 members (excludes halogenated alkanes) is 17. The van der Waals surface area contributed by atoms with E-state index in [2.05, 4.69) is 31.2 Å². The number of aliphatic hydroxyl groups is 1. The van der Waals surface area contributed by atoms with Gasteiger partial charge in [0, 0.05) is 6.61 Å². The number of quaternary nitrogens is 1. The number of hydrogen-bond donors (Lipinski definition) is 2. The number of likely N-dealkylation sites (N-methyl/N-ethyl adjacent to an activating group) is 1. The Labute approximate surface area is 260 Å². The molecule has 0 spiro atoms. The first-order valence-corrected chi connectivity index (χ1v) is 18.6. The van der Waals surface area contributed by atoms with Crippen LogP contribution in [0.2, 0.25) is 0 Å². The molecule has 0 aromatic rings. The number of ether oxygens (including phenoxy) is 1. The van der Waals surface area contributed by atoms with Crippen LogP contribution in [0.25, 0.3) is 0 Å². The molecule has 0 aromatic heterocycles. The zero-order valence-electron chi connectivity index (χ0n) is 28.0. The van der Waals surface area contributed by atoms with E-state index in [1.165, 1.54) is 109 Å². The van der Waals surface area contributed by atoms with E-state index in [9.17, 15) is 14.6 Å². The van der Waals surface area contributed by atoms with Crippen LogP contribution >= 0.6 is 7.82 Å². The van der Waals surface area contributed by atoms with Crippen LogP contribution in [-0.4, -0.2) is 74.7 Å². The largest absolute Gasteiger partial charge is 0.472 e. The third-order valence-corrected chi connectivity index (χ3v) is 8.23. The lowest BCUT2D eigenvalue weighted by Crippen LogP contribution is -2.37. The predicted octanol–water partition coefficient (Wildman–Crippen LogP) is 9.14. The molecule has 0 heterocycles. The summed E-state index contributed by atoms with van der Waals surface area (Å²) >= 11 is 0. The highest BCUT2D eigenvalue weighted by atomic mass is 31.2. The second-order valence-electron chi connectivity index (χ2n) is 12.8. The monoisotopic (exact) mass is 618 g/mol. The van der Waals surface area contributed by atoms with Gasteiger partial charge in [0.05, 0.1) is 34.4 Å². The first-order chi connectivity index (χ1) is 20.2. The van der Waals surface area contributed by atoms with E-state index in [1.807, 2.05) is 21.1 Å². The first-order valence-electron chi connectivity index (χ1n) is 17.1. The molecule has 0 aromatic carbocycles. The highest BCUT2D eigenvalue weighted by molar-refractivity contribution is 7.47. The summed E-state index contributed by atoms with van der Waals surface area (Å²) in [7, 11) is 1.75. The Morgan fingerprint density at radius 3 is 1.62 bits per heavy atom. The molecular weight excluding hydrogens is 549 g/mol. The van der Waals surface area contributed by atoms with Gasteiger partial charge in [-0.25, -0.2) is 4.57 Å². The molecule has 2 atom stereocenters. The average Bonchev–Trinajstić information content (AvgIpc) is 2.93. The number of phosphoric ester groups is 1. The molecule has 250 valence electrons. The number of nitrogens with zero attached hydrogens (tertiary/aromatic N) is 1. The quantitative estimate of drug-likeness (QED) is 0.0338. The highest BCUT2D eigenvalue weighted by Gasteiger charge is 2.24. The molecule has 0 radical (unpaired) electrons. The van der Waals surface area contributed by atoms with Gasteiger partial charge in [0.15, 0.2) is 0 Å². The van der Waals surface area contributed by atoms with Crippen molar-refractivity contribution in [3.05, 3.63) is 24.3 Å². The van der Waals surface area contributed by atoms with Gasteiger partial charge in [-0.1, -0.05) is 121 Å². The van der Waals surface area contributed by atoms with Gasteiger partial charge >= 0.3 is 7.82 Å². The zero-order chi connectivity index (χ0) is 31.2. The maximum Gasteiger partial charge on any atom is 0.472 e. The maximum atomic E-state index is 11.8. The smallest absolute Gasteiger partial charge is 0.388 e. The fourth-order valence-corrected chi connectivity index (χ4v) is 5.27. The van der Waals surface area contributed by atoms with Gasteiger partial charge in [-0.3, -0.25) is 9.05 Å². The van der Waals surface area contributed by atoms with E-state index in [1.54, 1.807) is 0 Å².